The van der Waals surface area contributed by atoms with E-state index >= 15 is 0 Å². The molecule has 0 heterocycles. The zero-order chi connectivity index (χ0) is 9.14. The molecule has 0 N–H and O–H groups in total. The lowest BCUT2D eigenvalue weighted by molar-refractivity contribution is -0.503. The molecule has 0 unspecified atom stereocenters. The minimum Gasteiger partial charge on any atom is -0.263 e. The summed E-state index contributed by atoms with van der Waals surface area (Å²) in [5, 5.41) is 10.3. The van der Waals surface area contributed by atoms with E-state index in [9.17, 15) is 10.1 Å². The number of hydrogen-bond donors (Lipinski definition) is 0. The number of hydrogen-bond acceptors (Lipinski definition) is 2. The van der Waals surface area contributed by atoms with E-state index in [1.165, 1.54) is 0 Å². The van der Waals surface area contributed by atoms with Gasteiger partial charge in [0, 0.05) is 10.5 Å². The van der Waals surface area contributed by atoms with Crippen LogP contribution in [0, 0.1) is 17.0 Å². The van der Waals surface area contributed by atoms with Crippen LogP contribution in [-0.2, 0) is 0 Å². The molecule has 0 saturated carbocycles. The molecule has 0 amide bonds. The first-order chi connectivity index (χ1) is 5.63. The summed E-state index contributed by atoms with van der Waals surface area (Å²) in [6.07, 6.45) is 0. The lowest BCUT2D eigenvalue weighted by Crippen LogP contribution is -2.04. The molecule has 12 heavy (non-hydrogen) atoms. The third-order valence-electron chi connectivity index (χ3n) is 1.63. The van der Waals surface area contributed by atoms with Gasteiger partial charge in [0.25, 0.3) is 0 Å². The van der Waals surface area contributed by atoms with Crippen LogP contribution in [0.4, 0.5) is 0 Å². The first-order valence-electron chi connectivity index (χ1n) is 3.46. The van der Waals surface area contributed by atoms with Crippen LogP contribution < -0.4 is 0 Å². The normalized spacial score (nSPS) is 12.5. The van der Waals surface area contributed by atoms with Crippen molar-refractivity contribution < 1.29 is 4.92 Å². The minimum atomic E-state index is -1.13. The third kappa shape index (κ3) is 1.74. The van der Waals surface area contributed by atoms with Crippen molar-refractivity contribution in [1.29, 1.82) is 0 Å². The topological polar surface area (TPSA) is 43.1 Å². The maximum atomic E-state index is 10.3. The van der Waals surface area contributed by atoms with Gasteiger partial charge in [-0.2, -0.15) is 0 Å². The number of nitrogens with zero attached hydrogens (tertiary/aromatic N) is 1. The average Bonchev–Trinajstić information content (AvgIpc) is 2.04. The molecule has 0 aliphatic heterocycles. The second-order valence-corrected chi connectivity index (χ2v) is 2.89. The predicted molar refractivity (Wildman–Crippen MR) is 46.8 cm³/mol. The summed E-state index contributed by atoms with van der Waals surface area (Å²) in [5.74, 6) is 0. The van der Waals surface area contributed by atoms with Crippen LogP contribution >= 0.6 is 11.6 Å². The Hall–Kier alpha value is -1.09. The van der Waals surface area contributed by atoms with Crippen LogP contribution in [0.25, 0.3) is 0 Å². The van der Waals surface area contributed by atoms with Crippen LogP contribution in [0.5, 0.6) is 0 Å². The summed E-state index contributed by atoms with van der Waals surface area (Å²) in [5.41, 5.74) is 0.268. The molecule has 1 aromatic carbocycles. The lowest BCUT2D eigenvalue weighted by Gasteiger charge is -2.04. The lowest BCUT2D eigenvalue weighted by atomic mass is 10.1. The van der Waals surface area contributed by atoms with E-state index in [1.807, 2.05) is 6.07 Å². The molecule has 0 aromatic heterocycles. The maximum absolute atomic E-state index is 10.3. The first-order valence-corrected chi connectivity index (χ1v) is 3.89. The molecule has 64 valence electrons. The molecule has 0 spiro atoms. The molecular formula is C8H8ClNO2. The number of aryl methyl sites for hydroxylation is 1. The van der Waals surface area contributed by atoms with Crippen LogP contribution in [0.1, 0.15) is 16.6 Å². The molecule has 0 aliphatic carbocycles. The zero-order valence-electron chi connectivity index (χ0n) is 6.53. The van der Waals surface area contributed by atoms with Crippen molar-refractivity contribution in [3.8, 4) is 0 Å². The van der Waals surface area contributed by atoms with Crippen LogP contribution in [-0.4, -0.2) is 4.92 Å². The summed E-state index contributed by atoms with van der Waals surface area (Å²) in [6, 6.07) is 7.02. The van der Waals surface area contributed by atoms with Gasteiger partial charge in [-0.3, -0.25) is 10.1 Å². The SMILES string of the molecule is Cc1ccccc1[C@H](Cl)[N+](=O)[O-]. The Balaban J connectivity index is 3.02. The Morgan fingerprint density at radius 2 is 2.08 bits per heavy atom. The Labute approximate surface area is 75.1 Å². The van der Waals surface area contributed by atoms with E-state index in [0.717, 1.165) is 5.56 Å². The molecular weight excluding hydrogens is 178 g/mol. The molecule has 0 saturated heterocycles. The van der Waals surface area contributed by atoms with Crippen LogP contribution in [0.15, 0.2) is 24.3 Å². The van der Waals surface area contributed by atoms with E-state index < -0.39 is 10.4 Å². The standard InChI is InChI=1S/C8H8ClNO2/c1-6-4-2-3-5-7(6)8(9)10(11)12/h2-5,8H,1H3/t8-/m1/s1. The monoisotopic (exact) mass is 185 g/mol. The summed E-state index contributed by atoms with van der Waals surface area (Å²) >= 11 is 5.55. The van der Waals surface area contributed by atoms with Crippen molar-refractivity contribution in [1.82, 2.24) is 0 Å². The number of benzene rings is 1. The number of halogens is 1. The van der Waals surface area contributed by atoms with Crippen LogP contribution in [0.2, 0.25) is 0 Å². The van der Waals surface area contributed by atoms with E-state index in [4.69, 9.17) is 11.6 Å². The van der Waals surface area contributed by atoms with Gasteiger partial charge in [0.05, 0.1) is 0 Å². The molecule has 0 aliphatic rings. The van der Waals surface area contributed by atoms with Gasteiger partial charge >= 0.3 is 5.50 Å². The summed E-state index contributed by atoms with van der Waals surface area (Å²) in [6.45, 7) is 1.80. The van der Waals surface area contributed by atoms with Gasteiger partial charge in [-0.1, -0.05) is 24.3 Å². The van der Waals surface area contributed by atoms with Gasteiger partial charge in [0.2, 0.25) is 0 Å². The minimum absolute atomic E-state index is 0.510. The van der Waals surface area contributed by atoms with E-state index in [0.29, 0.717) is 5.56 Å². The van der Waals surface area contributed by atoms with Gasteiger partial charge in [-0.25, -0.2) is 0 Å². The van der Waals surface area contributed by atoms with Crippen molar-refractivity contribution >= 4 is 11.6 Å². The Morgan fingerprint density at radius 1 is 1.50 bits per heavy atom. The summed E-state index contributed by atoms with van der Waals surface area (Å²) < 4.78 is 0. The highest BCUT2D eigenvalue weighted by atomic mass is 35.5. The quantitative estimate of drug-likeness (QED) is 0.308. The zero-order valence-corrected chi connectivity index (χ0v) is 7.28. The van der Waals surface area contributed by atoms with Gasteiger partial charge in [0.1, 0.15) is 0 Å². The summed E-state index contributed by atoms with van der Waals surface area (Å²) in [7, 11) is 0. The largest absolute Gasteiger partial charge is 0.311 e. The molecule has 0 fully saturated rings. The van der Waals surface area contributed by atoms with Crippen molar-refractivity contribution in [2.24, 2.45) is 0 Å². The predicted octanol–water partition coefficient (Wildman–Crippen LogP) is 2.51. The molecule has 1 rings (SSSR count). The van der Waals surface area contributed by atoms with Gasteiger partial charge in [0.15, 0.2) is 0 Å². The fourth-order valence-corrected chi connectivity index (χ4v) is 1.21. The number of nitro groups is 1. The fourth-order valence-electron chi connectivity index (χ4n) is 0.968. The van der Waals surface area contributed by atoms with Gasteiger partial charge in [-0.05, 0) is 24.1 Å². The van der Waals surface area contributed by atoms with E-state index in [-0.39, 0.29) is 0 Å². The molecule has 3 nitrogen and oxygen atoms in total. The Kier molecular flexibility index (Phi) is 2.65. The molecule has 0 bridgehead atoms. The number of rotatable bonds is 2. The fraction of sp³-hybridized carbons (Fsp3) is 0.250. The smallest absolute Gasteiger partial charge is 0.263 e. The van der Waals surface area contributed by atoms with Crippen LogP contribution in [0.3, 0.4) is 0 Å². The third-order valence-corrected chi connectivity index (χ3v) is 2.02. The number of alkyl halides is 1. The Bertz CT molecular complexity index is 301. The van der Waals surface area contributed by atoms with E-state index in [2.05, 4.69) is 0 Å². The summed E-state index contributed by atoms with van der Waals surface area (Å²) in [4.78, 5) is 9.82. The molecule has 1 aromatic rings. The van der Waals surface area contributed by atoms with Crippen molar-refractivity contribution in [3.63, 3.8) is 0 Å². The van der Waals surface area contributed by atoms with Gasteiger partial charge in [-0.15, -0.1) is 0 Å². The second-order valence-electron chi connectivity index (χ2n) is 2.48. The molecule has 1 atom stereocenters. The molecule has 4 heteroatoms. The van der Waals surface area contributed by atoms with E-state index in [1.54, 1.807) is 25.1 Å². The Morgan fingerprint density at radius 3 is 2.58 bits per heavy atom. The van der Waals surface area contributed by atoms with Crippen molar-refractivity contribution in [2.75, 3.05) is 0 Å². The van der Waals surface area contributed by atoms with Crippen molar-refractivity contribution in [3.05, 3.63) is 45.5 Å². The second kappa shape index (κ2) is 3.54. The highest BCUT2D eigenvalue weighted by Gasteiger charge is 2.19. The first kappa shape index (κ1) is 9.00. The van der Waals surface area contributed by atoms with Gasteiger partial charge < -0.3 is 0 Å². The highest BCUT2D eigenvalue weighted by molar-refractivity contribution is 6.19. The molecule has 0 radical (unpaired) electrons. The van der Waals surface area contributed by atoms with Crippen molar-refractivity contribution in [2.45, 2.75) is 12.4 Å². The highest BCUT2D eigenvalue weighted by Crippen LogP contribution is 2.23. The average molecular weight is 186 g/mol. The maximum Gasteiger partial charge on any atom is 0.311 e.